The number of nitriles is 1. The van der Waals surface area contributed by atoms with E-state index in [-0.39, 0.29) is 11.8 Å². The van der Waals surface area contributed by atoms with Crippen LogP contribution in [0.4, 0.5) is 5.69 Å². The molecular formula is C15H17N3O3. The SMILES string of the molecule is COCCNC(=O)C1(C(=O)Nc2ccc(C#N)cc2)CC1. The highest BCUT2D eigenvalue weighted by atomic mass is 16.5. The summed E-state index contributed by atoms with van der Waals surface area (Å²) in [6.07, 6.45) is 1.10. The monoisotopic (exact) mass is 287 g/mol. The van der Waals surface area contributed by atoms with E-state index in [0.717, 1.165) is 0 Å². The zero-order chi connectivity index (χ0) is 15.3. The summed E-state index contributed by atoms with van der Waals surface area (Å²) in [7, 11) is 1.55. The van der Waals surface area contributed by atoms with E-state index in [1.807, 2.05) is 6.07 Å². The number of methoxy groups -OCH3 is 1. The summed E-state index contributed by atoms with van der Waals surface area (Å²) < 4.78 is 4.86. The summed E-state index contributed by atoms with van der Waals surface area (Å²) in [5, 5.41) is 14.2. The Labute approximate surface area is 123 Å². The van der Waals surface area contributed by atoms with Crippen LogP contribution in [0, 0.1) is 16.7 Å². The Morgan fingerprint density at radius 2 is 1.95 bits per heavy atom. The minimum absolute atomic E-state index is 0.259. The Morgan fingerprint density at radius 1 is 1.29 bits per heavy atom. The molecule has 2 rings (SSSR count). The number of anilines is 1. The van der Waals surface area contributed by atoms with Gasteiger partial charge in [-0.2, -0.15) is 5.26 Å². The standard InChI is InChI=1S/C15H17N3O3/c1-21-9-8-17-13(19)15(6-7-15)14(20)18-12-4-2-11(10-16)3-5-12/h2-5H,6-9H2,1H3,(H,17,19)(H,18,20). The molecule has 2 N–H and O–H groups in total. The number of carbonyl (C=O) groups excluding carboxylic acids is 2. The predicted molar refractivity (Wildman–Crippen MR) is 76.3 cm³/mol. The first-order valence-corrected chi connectivity index (χ1v) is 6.71. The molecular weight excluding hydrogens is 270 g/mol. The van der Waals surface area contributed by atoms with Crippen LogP contribution in [0.1, 0.15) is 18.4 Å². The van der Waals surface area contributed by atoms with Crippen LogP contribution in [0.3, 0.4) is 0 Å². The third-order valence-corrected chi connectivity index (χ3v) is 3.48. The molecule has 21 heavy (non-hydrogen) atoms. The van der Waals surface area contributed by atoms with Crippen molar-refractivity contribution in [2.45, 2.75) is 12.8 Å². The van der Waals surface area contributed by atoms with Crippen LogP contribution >= 0.6 is 0 Å². The average Bonchev–Trinajstić information content (AvgIpc) is 3.30. The van der Waals surface area contributed by atoms with E-state index in [2.05, 4.69) is 10.6 Å². The maximum absolute atomic E-state index is 12.3. The zero-order valence-corrected chi connectivity index (χ0v) is 11.8. The largest absolute Gasteiger partial charge is 0.383 e. The van der Waals surface area contributed by atoms with Gasteiger partial charge in [-0.25, -0.2) is 0 Å². The van der Waals surface area contributed by atoms with E-state index < -0.39 is 5.41 Å². The molecule has 6 heteroatoms. The Kier molecular flexibility index (Phi) is 4.55. The van der Waals surface area contributed by atoms with Crippen molar-refractivity contribution in [3.8, 4) is 6.07 Å². The molecule has 0 atom stereocenters. The van der Waals surface area contributed by atoms with Gasteiger partial charge in [0.05, 0.1) is 18.2 Å². The molecule has 0 spiro atoms. The highest BCUT2D eigenvalue weighted by molar-refractivity contribution is 6.13. The number of nitrogens with one attached hydrogen (secondary N) is 2. The molecule has 0 aromatic heterocycles. The molecule has 0 aliphatic heterocycles. The van der Waals surface area contributed by atoms with Gasteiger partial charge in [0.25, 0.3) is 0 Å². The predicted octanol–water partition coefficient (Wildman–Crippen LogP) is 1.04. The van der Waals surface area contributed by atoms with Gasteiger partial charge in [0.15, 0.2) is 0 Å². The van der Waals surface area contributed by atoms with Gasteiger partial charge in [-0.15, -0.1) is 0 Å². The normalized spacial score (nSPS) is 14.9. The van der Waals surface area contributed by atoms with Crippen LogP contribution < -0.4 is 10.6 Å². The van der Waals surface area contributed by atoms with Gasteiger partial charge in [0, 0.05) is 19.3 Å². The van der Waals surface area contributed by atoms with Gasteiger partial charge >= 0.3 is 0 Å². The molecule has 0 bridgehead atoms. The molecule has 1 aromatic rings. The lowest BCUT2D eigenvalue weighted by Crippen LogP contribution is -2.41. The van der Waals surface area contributed by atoms with Crippen molar-refractivity contribution in [2.24, 2.45) is 5.41 Å². The van der Waals surface area contributed by atoms with Gasteiger partial charge in [0.2, 0.25) is 11.8 Å². The highest BCUT2D eigenvalue weighted by Gasteiger charge is 2.56. The second kappa shape index (κ2) is 6.37. The van der Waals surface area contributed by atoms with Crippen molar-refractivity contribution in [1.29, 1.82) is 5.26 Å². The van der Waals surface area contributed by atoms with Crippen molar-refractivity contribution >= 4 is 17.5 Å². The molecule has 0 radical (unpaired) electrons. The van der Waals surface area contributed by atoms with Crippen LogP contribution in [0.2, 0.25) is 0 Å². The molecule has 6 nitrogen and oxygen atoms in total. The molecule has 1 fully saturated rings. The van der Waals surface area contributed by atoms with Crippen molar-refractivity contribution in [1.82, 2.24) is 5.32 Å². The third-order valence-electron chi connectivity index (χ3n) is 3.48. The van der Waals surface area contributed by atoms with E-state index >= 15 is 0 Å². The lowest BCUT2D eigenvalue weighted by Gasteiger charge is -2.15. The third kappa shape index (κ3) is 3.38. The lowest BCUT2D eigenvalue weighted by molar-refractivity contribution is -0.134. The van der Waals surface area contributed by atoms with Crippen molar-refractivity contribution in [2.75, 3.05) is 25.6 Å². The van der Waals surface area contributed by atoms with Crippen LogP contribution in [0.15, 0.2) is 24.3 Å². The van der Waals surface area contributed by atoms with Crippen LogP contribution in [0.5, 0.6) is 0 Å². The number of nitrogens with zero attached hydrogens (tertiary/aromatic N) is 1. The first-order valence-electron chi connectivity index (χ1n) is 6.71. The topological polar surface area (TPSA) is 91.2 Å². The summed E-state index contributed by atoms with van der Waals surface area (Å²) >= 11 is 0. The lowest BCUT2D eigenvalue weighted by atomic mass is 10.0. The summed E-state index contributed by atoms with van der Waals surface area (Å²) in [6.45, 7) is 0.806. The zero-order valence-electron chi connectivity index (χ0n) is 11.8. The fourth-order valence-electron chi connectivity index (χ4n) is 2.00. The molecule has 1 aliphatic carbocycles. The van der Waals surface area contributed by atoms with Crippen LogP contribution in [-0.4, -0.2) is 32.1 Å². The Bertz CT molecular complexity index is 571. The number of hydrogen-bond donors (Lipinski definition) is 2. The van der Waals surface area contributed by atoms with E-state index in [0.29, 0.717) is 37.2 Å². The van der Waals surface area contributed by atoms with E-state index in [4.69, 9.17) is 10.00 Å². The molecule has 2 amide bonds. The number of rotatable bonds is 6. The summed E-state index contributed by atoms with van der Waals surface area (Å²) in [4.78, 5) is 24.3. The molecule has 1 aliphatic rings. The maximum atomic E-state index is 12.3. The van der Waals surface area contributed by atoms with Crippen molar-refractivity contribution in [3.05, 3.63) is 29.8 Å². The average molecular weight is 287 g/mol. The van der Waals surface area contributed by atoms with Gasteiger partial charge in [-0.3, -0.25) is 9.59 Å². The Balaban J connectivity index is 1.95. The number of amides is 2. The molecule has 1 saturated carbocycles. The molecule has 0 saturated heterocycles. The van der Waals surface area contributed by atoms with E-state index in [1.54, 1.807) is 31.4 Å². The van der Waals surface area contributed by atoms with Crippen molar-refractivity contribution < 1.29 is 14.3 Å². The van der Waals surface area contributed by atoms with E-state index in [9.17, 15) is 9.59 Å². The quantitative estimate of drug-likeness (QED) is 0.604. The molecule has 110 valence electrons. The number of ether oxygens (including phenoxy) is 1. The molecule has 1 aromatic carbocycles. The fraction of sp³-hybridized carbons (Fsp3) is 0.400. The van der Waals surface area contributed by atoms with Gasteiger partial charge < -0.3 is 15.4 Å². The number of carbonyl (C=O) groups is 2. The molecule has 0 heterocycles. The number of hydrogen-bond acceptors (Lipinski definition) is 4. The molecule has 0 unspecified atom stereocenters. The first-order chi connectivity index (χ1) is 10.1. The maximum Gasteiger partial charge on any atom is 0.240 e. The second-order valence-corrected chi connectivity index (χ2v) is 4.97. The smallest absolute Gasteiger partial charge is 0.240 e. The van der Waals surface area contributed by atoms with Crippen LogP contribution in [-0.2, 0) is 14.3 Å². The fourth-order valence-corrected chi connectivity index (χ4v) is 2.00. The second-order valence-electron chi connectivity index (χ2n) is 4.97. The first kappa shape index (κ1) is 15.0. The van der Waals surface area contributed by atoms with Crippen LogP contribution in [0.25, 0.3) is 0 Å². The Hall–Kier alpha value is -2.39. The Morgan fingerprint density at radius 3 is 2.48 bits per heavy atom. The minimum Gasteiger partial charge on any atom is -0.383 e. The van der Waals surface area contributed by atoms with Gasteiger partial charge in [-0.1, -0.05) is 0 Å². The summed E-state index contributed by atoms with van der Waals surface area (Å²) in [5.74, 6) is -0.562. The van der Waals surface area contributed by atoms with Gasteiger partial charge in [-0.05, 0) is 37.1 Å². The summed E-state index contributed by atoms with van der Waals surface area (Å²) in [5.41, 5.74) is 0.142. The number of benzene rings is 1. The van der Waals surface area contributed by atoms with Crippen molar-refractivity contribution in [3.63, 3.8) is 0 Å². The summed E-state index contributed by atoms with van der Waals surface area (Å²) in [6, 6.07) is 8.54. The van der Waals surface area contributed by atoms with E-state index in [1.165, 1.54) is 0 Å². The highest BCUT2D eigenvalue weighted by Crippen LogP contribution is 2.46. The minimum atomic E-state index is -0.957. The van der Waals surface area contributed by atoms with Gasteiger partial charge in [0.1, 0.15) is 5.41 Å².